The van der Waals surface area contributed by atoms with Crippen molar-refractivity contribution in [2.24, 2.45) is 0 Å². The average Bonchev–Trinajstić information content (AvgIpc) is 2.92. The zero-order chi connectivity index (χ0) is 29.9. The molecular weight excluding hydrogens is 652 g/mol. The van der Waals surface area contributed by atoms with E-state index in [1.807, 2.05) is 6.92 Å². The quantitative estimate of drug-likeness (QED) is 0.195. The average molecular weight is 673 g/mol. The van der Waals surface area contributed by atoms with E-state index >= 15 is 0 Å². The molecule has 2 N–H and O–H groups in total. The van der Waals surface area contributed by atoms with Gasteiger partial charge in [0.15, 0.2) is 0 Å². The number of hydrogen-bond acceptors (Lipinski definition) is 5. The molecule has 8 nitrogen and oxygen atoms in total. The normalized spacial score (nSPS) is 11.6. The van der Waals surface area contributed by atoms with Crippen LogP contribution in [0, 0.1) is 6.92 Å². The van der Waals surface area contributed by atoms with Gasteiger partial charge in [-0.1, -0.05) is 70.2 Å². The molecule has 0 saturated heterocycles. The predicted molar refractivity (Wildman–Crippen MR) is 165 cm³/mol. The first kappa shape index (κ1) is 31.0. The van der Waals surface area contributed by atoms with Crippen LogP contribution in [-0.2, 0) is 24.8 Å². The van der Waals surface area contributed by atoms with Gasteiger partial charge in [0.2, 0.25) is 5.91 Å². The summed E-state index contributed by atoms with van der Waals surface area (Å²) in [6.07, 6.45) is 0. The predicted octanol–water partition coefficient (Wildman–Crippen LogP) is 7.24. The Hall–Kier alpha value is -2.99. The van der Waals surface area contributed by atoms with Crippen LogP contribution in [0.1, 0.15) is 5.56 Å². The third-order valence-electron chi connectivity index (χ3n) is 5.72. The van der Waals surface area contributed by atoms with Crippen molar-refractivity contribution in [1.29, 1.82) is 0 Å². The Morgan fingerprint density at radius 3 is 2.07 bits per heavy atom. The van der Waals surface area contributed by atoms with E-state index in [-0.39, 0.29) is 46.9 Å². The molecule has 0 aliphatic rings. The maximum atomic E-state index is 13.6. The maximum Gasteiger partial charge on any atom is 0.264 e. The lowest BCUT2D eigenvalue weighted by molar-refractivity contribution is -0.114. The molecule has 214 valence electrons. The van der Waals surface area contributed by atoms with Crippen LogP contribution < -0.4 is 14.3 Å². The molecule has 0 radical (unpaired) electrons. The number of hydrogen-bond donors (Lipinski definition) is 2. The van der Waals surface area contributed by atoms with Gasteiger partial charge in [0, 0.05) is 10.7 Å². The lowest BCUT2D eigenvalue weighted by Crippen LogP contribution is -2.38. The van der Waals surface area contributed by atoms with Crippen molar-refractivity contribution in [3.63, 3.8) is 0 Å². The van der Waals surface area contributed by atoms with Gasteiger partial charge >= 0.3 is 0 Å². The minimum atomic E-state index is -4.24. The number of nitrogens with zero attached hydrogens (tertiary/aromatic N) is 1. The van der Waals surface area contributed by atoms with Gasteiger partial charge in [-0.3, -0.25) is 13.8 Å². The summed E-state index contributed by atoms with van der Waals surface area (Å²) in [5.74, 6) is -0.712. The molecule has 41 heavy (non-hydrogen) atoms. The van der Waals surface area contributed by atoms with E-state index in [4.69, 9.17) is 46.4 Å². The Labute approximate surface area is 257 Å². The van der Waals surface area contributed by atoms with Crippen molar-refractivity contribution in [3.05, 3.63) is 111 Å². The summed E-state index contributed by atoms with van der Waals surface area (Å²) in [6.45, 7) is 1.17. The van der Waals surface area contributed by atoms with Gasteiger partial charge < -0.3 is 5.32 Å². The zero-order valence-corrected chi connectivity index (χ0v) is 25.8. The summed E-state index contributed by atoms with van der Waals surface area (Å²) in [6, 6.07) is 20.2. The molecule has 0 aliphatic heterocycles. The van der Waals surface area contributed by atoms with E-state index in [1.54, 1.807) is 18.2 Å². The van der Waals surface area contributed by atoms with Crippen LogP contribution in [0.2, 0.25) is 20.1 Å². The van der Waals surface area contributed by atoms with Gasteiger partial charge in [0.05, 0.1) is 36.2 Å². The third kappa shape index (κ3) is 7.27. The fourth-order valence-electron chi connectivity index (χ4n) is 3.65. The summed E-state index contributed by atoms with van der Waals surface area (Å²) >= 11 is 24.5. The highest BCUT2D eigenvalue weighted by atomic mass is 35.5. The topological polar surface area (TPSA) is 113 Å². The van der Waals surface area contributed by atoms with E-state index in [0.717, 1.165) is 9.87 Å². The molecule has 0 spiro atoms. The van der Waals surface area contributed by atoms with Crippen LogP contribution in [-0.4, -0.2) is 29.3 Å². The smallest absolute Gasteiger partial charge is 0.264 e. The van der Waals surface area contributed by atoms with E-state index in [2.05, 4.69) is 10.0 Å². The number of anilines is 3. The van der Waals surface area contributed by atoms with Gasteiger partial charge in [0.25, 0.3) is 20.0 Å². The Balaban J connectivity index is 1.57. The molecule has 4 aromatic carbocycles. The van der Waals surface area contributed by atoms with Crippen LogP contribution >= 0.6 is 46.4 Å². The van der Waals surface area contributed by atoms with Crippen LogP contribution in [0.3, 0.4) is 0 Å². The molecule has 0 unspecified atom stereocenters. The fourth-order valence-corrected chi connectivity index (χ4v) is 6.99. The van der Waals surface area contributed by atoms with Crippen LogP contribution in [0.4, 0.5) is 17.1 Å². The molecule has 0 atom stereocenters. The second-order valence-electron chi connectivity index (χ2n) is 8.70. The first-order valence-electron chi connectivity index (χ1n) is 11.7. The van der Waals surface area contributed by atoms with Gasteiger partial charge in [-0.25, -0.2) is 16.8 Å². The molecule has 0 fully saturated rings. The first-order valence-corrected chi connectivity index (χ1v) is 16.1. The molecule has 14 heteroatoms. The number of nitrogens with one attached hydrogen (secondary N) is 2. The van der Waals surface area contributed by atoms with Crippen molar-refractivity contribution in [2.75, 3.05) is 20.9 Å². The number of benzene rings is 4. The van der Waals surface area contributed by atoms with Crippen molar-refractivity contribution < 1.29 is 21.6 Å². The summed E-state index contributed by atoms with van der Waals surface area (Å²) in [5.41, 5.74) is 1.19. The van der Waals surface area contributed by atoms with Crippen molar-refractivity contribution >= 4 is 89.4 Å². The number of aryl methyl sites for hydroxylation is 1. The number of carbonyl (C=O) groups is 1. The van der Waals surface area contributed by atoms with Gasteiger partial charge in [-0.15, -0.1) is 0 Å². The molecule has 0 bridgehead atoms. The highest BCUT2D eigenvalue weighted by Gasteiger charge is 2.29. The molecule has 0 aliphatic carbocycles. The lowest BCUT2D eigenvalue weighted by atomic mass is 10.2. The summed E-state index contributed by atoms with van der Waals surface area (Å²) in [7, 11) is -8.27. The number of amides is 1. The monoisotopic (exact) mass is 671 g/mol. The summed E-state index contributed by atoms with van der Waals surface area (Å²) < 4.78 is 56.1. The second kappa shape index (κ2) is 12.5. The molecular formula is C27H21Cl4N3O5S2. The van der Waals surface area contributed by atoms with Crippen LogP contribution in [0.15, 0.2) is 94.7 Å². The standard InChI is InChI=1S/C27H21Cl4N3O5S2/c1-17-5-10-21(11-6-17)41(38,39)34(25-15-18(28)7-14-22(25)29)16-26(35)32-19-8-12-20(13-9-19)40(36,37)33-24-4-2-3-23(30)27(24)31/h2-15,33H,16H2,1H3,(H,32,35). The Morgan fingerprint density at radius 1 is 0.780 bits per heavy atom. The second-order valence-corrected chi connectivity index (χ2v) is 13.9. The largest absolute Gasteiger partial charge is 0.325 e. The van der Waals surface area contributed by atoms with Crippen LogP contribution in [0.5, 0.6) is 0 Å². The number of halogens is 4. The van der Waals surface area contributed by atoms with Crippen molar-refractivity contribution in [3.8, 4) is 0 Å². The van der Waals surface area contributed by atoms with Gasteiger partial charge in [0.1, 0.15) is 6.54 Å². The van der Waals surface area contributed by atoms with E-state index in [1.165, 1.54) is 66.7 Å². The molecule has 0 aromatic heterocycles. The molecule has 4 rings (SSSR count). The fraction of sp³-hybridized carbons (Fsp3) is 0.0741. The Kier molecular flexibility index (Phi) is 9.42. The maximum absolute atomic E-state index is 13.6. The molecule has 1 amide bonds. The van der Waals surface area contributed by atoms with E-state index in [0.29, 0.717) is 0 Å². The Morgan fingerprint density at radius 2 is 1.41 bits per heavy atom. The van der Waals surface area contributed by atoms with Gasteiger partial charge in [-0.05, 0) is 73.7 Å². The Bertz CT molecular complexity index is 1820. The summed E-state index contributed by atoms with van der Waals surface area (Å²) in [5, 5.41) is 3.10. The molecule has 0 saturated carbocycles. The number of rotatable bonds is 9. The summed E-state index contributed by atoms with van der Waals surface area (Å²) in [4.78, 5) is 12.9. The van der Waals surface area contributed by atoms with Gasteiger partial charge in [-0.2, -0.15) is 0 Å². The highest BCUT2D eigenvalue weighted by molar-refractivity contribution is 7.93. The molecule has 4 aromatic rings. The van der Waals surface area contributed by atoms with Crippen molar-refractivity contribution in [2.45, 2.75) is 16.7 Å². The SMILES string of the molecule is Cc1ccc(S(=O)(=O)N(CC(=O)Nc2ccc(S(=O)(=O)Nc3cccc(Cl)c3Cl)cc2)c2cc(Cl)ccc2Cl)cc1. The van der Waals surface area contributed by atoms with Crippen molar-refractivity contribution in [1.82, 2.24) is 0 Å². The highest BCUT2D eigenvalue weighted by Crippen LogP contribution is 2.34. The van der Waals surface area contributed by atoms with Crippen LogP contribution in [0.25, 0.3) is 0 Å². The minimum Gasteiger partial charge on any atom is -0.325 e. The third-order valence-corrected chi connectivity index (χ3v) is 10.2. The minimum absolute atomic E-state index is 0.0158. The number of carbonyl (C=O) groups excluding carboxylic acids is 1. The first-order chi connectivity index (χ1) is 19.3. The van der Waals surface area contributed by atoms with E-state index < -0.39 is 32.5 Å². The van der Waals surface area contributed by atoms with E-state index in [9.17, 15) is 21.6 Å². The molecule has 0 heterocycles. The zero-order valence-electron chi connectivity index (χ0n) is 21.1. The number of sulfonamides is 2. The lowest BCUT2D eigenvalue weighted by Gasteiger charge is -2.25.